The van der Waals surface area contributed by atoms with Crippen molar-refractivity contribution in [2.24, 2.45) is 11.8 Å². The number of nitrogens with one attached hydrogen (secondary N) is 1. The Morgan fingerprint density at radius 1 is 1.19 bits per heavy atom. The molecule has 2 aliphatic heterocycles. The molecule has 1 N–H and O–H groups in total. The third-order valence-electron chi connectivity index (χ3n) is 7.07. The van der Waals surface area contributed by atoms with Crippen molar-refractivity contribution in [3.05, 3.63) is 71.9 Å². The van der Waals surface area contributed by atoms with E-state index in [4.69, 9.17) is 9.47 Å². The van der Waals surface area contributed by atoms with E-state index in [1.54, 1.807) is 0 Å². The summed E-state index contributed by atoms with van der Waals surface area (Å²) in [4.78, 5) is 31.8. The van der Waals surface area contributed by atoms with Crippen LogP contribution in [0, 0.1) is 11.8 Å². The van der Waals surface area contributed by atoms with Crippen molar-refractivity contribution < 1.29 is 19.1 Å². The summed E-state index contributed by atoms with van der Waals surface area (Å²) in [6.07, 6.45) is 0.749. The number of methoxy groups -OCH3 is 1. The minimum Gasteiger partial charge on any atom is -0.468 e. The van der Waals surface area contributed by atoms with Crippen LogP contribution >= 0.6 is 0 Å². The highest BCUT2D eigenvalue weighted by atomic mass is 16.5. The summed E-state index contributed by atoms with van der Waals surface area (Å²) in [6.45, 7) is 2.57. The molecule has 3 aromatic rings. The van der Waals surface area contributed by atoms with E-state index < -0.39 is 5.92 Å². The first kappa shape index (κ1) is 20.8. The maximum Gasteiger partial charge on any atom is 0.314 e. The van der Waals surface area contributed by atoms with Gasteiger partial charge in [-0.05, 0) is 35.4 Å². The average molecular weight is 433 g/mol. The first-order valence-electron chi connectivity index (χ1n) is 11.3. The minimum atomic E-state index is -0.553. The lowest BCUT2D eigenvalue weighted by atomic mass is 9.72. The lowest BCUT2D eigenvalue weighted by Gasteiger charge is -2.44. The third-order valence-corrected chi connectivity index (χ3v) is 7.07. The Balaban J connectivity index is 1.51. The number of para-hydroxylation sites is 1. The van der Waals surface area contributed by atoms with Gasteiger partial charge in [0.2, 0.25) is 5.91 Å². The van der Waals surface area contributed by atoms with Crippen molar-refractivity contribution in [3.8, 4) is 0 Å². The van der Waals surface area contributed by atoms with Crippen molar-refractivity contribution in [2.45, 2.75) is 38.0 Å². The van der Waals surface area contributed by atoms with E-state index in [2.05, 4.69) is 11.9 Å². The van der Waals surface area contributed by atoms with Crippen molar-refractivity contribution in [1.82, 2.24) is 9.88 Å². The minimum absolute atomic E-state index is 0.0249. The Morgan fingerprint density at radius 2 is 1.94 bits per heavy atom. The first-order valence-corrected chi connectivity index (χ1v) is 11.3. The van der Waals surface area contributed by atoms with Crippen molar-refractivity contribution in [2.75, 3.05) is 13.7 Å². The molecule has 2 aromatic carbocycles. The molecule has 2 aliphatic rings. The van der Waals surface area contributed by atoms with Crippen LogP contribution in [0.25, 0.3) is 10.9 Å². The summed E-state index contributed by atoms with van der Waals surface area (Å²) < 4.78 is 11.5. The van der Waals surface area contributed by atoms with Gasteiger partial charge in [-0.3, -0.25) is 9.59 Å². The zero-order valence-corrected chi connectivity index (χ0v) is 18.4. The van der Waals surface area contributed by atoms with Crippen LogP contribution in [0.5, 0.6) is 0 Å². The fourth-order valence-corrected chi connectivity index (χ4v) is 5.57. The highest BCUT2D eigenvalue weighted by molar-refractivity contribution is 5.86. The van der Waals surface area contributed by atoms with Crippen molar-refractivity contribution in [3.63, 3.8) is 0 Å². The van der Waals surface area contributed by atoms with Gasteiger partial charge in [-0.1, -0.05) is 55.5 Å². The molecule has 6 nitrogen and oxygen atoms in total. The van der Waals surface area contributed by atoms with Crippen LogP contribution in [-0.2, 0) is 19.1 Å². The molecule has 2 fully saturated rings. The molecule has 0 unspecified atom stereocenters. The van der Waals surface area contributed by atoms with E-state index in [1.807, 2.05) is 65.6 Å². The molecule has 32 heavy (non-hydrogen) atoms. The van der Waals surface area contributed by atoms with Crippen LogP contribution in [0.2, 0.25) is 0 Å². The Kier molecular flexibility index (Phi) is 5.47. The number of hydrogen-bond acceptors (Lipinski definition) is 4. The van der Waals surface area contributed by atoms with E-state index in [1.165, 1.54) is 7.11 Å². The number of carbonyl (C=O) groups is 2. The average Bonchev–Trinajstić information content (AvgIpc) is 3.45. The van der Waals surface area contributed by atoms with Gasteiger partial charge < -0.3 is 19.4 Å². The molecule has 1 amide bonds. The number of hydrogen-bond donors (Lipinski definition) is 1. The molecule has 0 radical (unpaired) electrons. The first-order chi connectivity index (χ1) is 15.6. The van der Waals surface area contributed by atoms with Gasteiger partial charge in [-0.15, -0.1) is 0 Å². The predicted molar refractivity (Wildman–Crippen MR) is 121 cm³/mol. The number of ether oxygens (including phenoxy) is 2. The molecule has 5 atom stereocenters. The fraction of sp³-hybridized carbons (Fsp3) is 0.385. The number of benzene rings is 2. The maximum absolute atomic E-state index is 13.4. The lowest BCUT2D eigenvalue weighted by molar-refractivity contribution is -0.158. The van der Waals surface area contributed by atoms with Gasteiger partial charge in [0, 0.05) is 23.5 Å². The monoisotopic (exact) mass is 432 g/mol. The third kappa shape index (κ3) is 3.39. The quantitative estimate of drug-likeness (QED) is 0.607. The predicted octanol–water partition coefficient (Wildman–Crippen LogP) is 4.40. The van der Waals surface area contributed by atoms with Crippen LogP contribution < -0.4 is 0 Å². The van der Waals surface area contributed by atoms with Gasteiger partial charge in [0.15, 0.2) is 0 Å². The molecule has 0 saturated carbocycles. The summed E-state index contributed by atoms with van der Waals surface area (Å²) in [7, 11) is 1.41. The lowest BCUT2D eigenvalue weighted by Crippen LogP contribution is -2.52. The van der Waals surface area contributed by atoms with Gasteiger partial charge in [0.25, 0.3) is 0 Å². The highest BCUT2D eigenvalue weighted by Crippen LogP contribution is 2.47. The van der Waals surface area contributed by atoms with E-state index in [0.29, 0.717) is 6.61 Å². The number of carbonyl (C=O) groups excluding carboxylic acids is 2. The number of H-pyrrole nitrogens is 1. The zero-order valence-electron chi connectivity index (χ0n) is 18.4. The summed E-state index contributed by atoms with van der Waals surface area (Å²) >= 11 is 0. The second kappa shape index (κ2) is 8.43. The van der Waals surface area contributed by atoms with Gasteiger partial charge >= 0.3 is 5.97 Å². The van der Waals surface area contributed by atoms with Crippen molar-refractivity contribution >= 4 is 22.8 Å². The number of amides is 1. The van der Waals surface area contributed by atoms with Gasteiger partial charge in [-0.2, -0.15) is 0 Å². The maximum atomic E-state index is 13.4. The number of esters is 1. The molecule has 0 aliphatic carbocycles. The Morgan fingerprint density at radius 3 is 2.66 bits per heavy atom. The van der Waals surface area contributed by atoms with Crippen LogP contribution in [0.1, 0.15) is 43.0 Å². The zero-order chi connectivity index (χ0) is 22.2. The largest absolute Gasteiger partial charge is 0.468 e. The van der Waals surface area contributed by atoms with E-state index >= 15 is 0 Å². The second-order valence-corrected chi connectivity index (χ2v) is 8.70. The van der Waals surface area contributed by atoms with Crippen LogP contribution in [0.15, 0.2) is 60.7 Å². The molecule has 2 saturated heterocycles. The number of rotatable bonds is 5. The fourth-order valence-electron chi connectivity index (χ4n) is 5.57. The SMILES string of the molecule is CC[C@H]1[C@H]([C@@H](C(=O)OC)c2cc3ccccc3[nH]2)CC(=O)N2[C@@H]1OC[C@H]2c1ccccc1. The molecular weight excluding hydrogens is 404 g/mol. The van der Waals surface area contributed by atoms with Gasteiger partial charge in [-0.25, -0.2) is 0 Å². The van der Waals surface area contributed by atoms with Crippen LogP contribution in [0.4, 0.5) is 0 Å². The Labute approximate surface area is 187 Å². The summed E-state index contributed by atoms with van der Waals surface area (Å²) in [5.74, 6) is -1.02. The van der Waals surface area contributed by atoms with Crippen LogP contribution in [-0.4, -0.2) is 41.7 Å². The normalized spacial score (nSPS) is 26.2. The molecule has 0 spiro atoms. The molecule has 3 heterocycles. The Hall–Kier alpha value is -3.12. The standard InChI is InChI=1S/C26H28N2O4/c1-3-18-19(24(26(30)31-2)21-13-17-11-7-8-12-20(17)27-21)14-23(29)28-22(15-32-25(18)28)16-9-5-4-6-10-16/h4-13,18-19,22,24-25,27H,3,14-15H2,1-2H3/t18-,19+,22-,24+,25+/m0/s1. The molecule has 1 aromatic heterocycles. The number of fused-ring (bicyclic) bond motifs is 2. The van der Waals surface area contributed by atoms with Gasteiger partial charge in [0.05, 0.1) is 19.8 Å². The number of nitrogens with zero attached hydrogens (tertiary/aromatic N) is 1. The van der Waals surface area contributed by atoms with Crippen LogP contribution in [0.3, 0.4) is 0 Å². The van der Waals surface area contributed by atoms with E-state index in [0.717, 1.165) is 28.6 Å². The topological polar surface area (TPSA) is 71.6 Å². The summed E-state index contributed by atoms with van der Waals surface area (Å²) in [6, 6.07) is 19.9. The number of aromatic amines is 1. The van der Waals surface area contributed by atoms with E-state index in [-0.39, 0.29) is 42.4 Å². The summed E-state index contributed by atoms with van der Waals surface area (Å²) in [5.41, 5.74) is 2.84. The molecule has 6 heteroatoms. The molecule has 166 valence electrons. The molecule has 5 rings (SSSR count). The molecular formula is C26H28N2O4. The molecule has 0 bridgehead atoms. The number of aromatic nitrogens is 1. The van der Waals surface area contributed by atoms with Crippen molar-refractivity contribution in [1.29, 1.82) is 0 Å². The highest BCUT2D eigenvalue weighted by Gasteiger charge is 2.52. The van der Waals surface area contributed by atoms with Gasteiger partial charge in [0.1, 0.15) is 12.1 Å². The number of piperidine rings is 1. The smallest absolute Gasteiger partial charge is 0.314 e. The van der Waals surface area contributed by atoms with E-state index in [9.17, 15) is 9.59 Å². The summed E-state index contributed by atoms with van der Waals surface area (Å²) in [5, 5.41) is 1.04. The Bertz CT molecular complexity index is 1090. The second-order valence-electron chi connectivity index (χ2n) is 8.70.